The van der Waals surface area contributed by atoms with Crippen molar-refractivity contribution in [2.45, 2.75) is 58.8 Å². The smallest absolute Gasteiger partial charge is 0.348 e. The molecule has 14 nitrogen and oxygen atoms in total. The molecule has 0 saturated heterocycles. The summed E-state index contributed by atoms with van der Waals surface area (Å²) in [6.07, 6.45) is 1.68. The Morgan fingerprint density at radius 3 is 2.35 bits per heavy atom. The lowest BCUT2D eigenvalue weighted by Gasteiger charge is -2.11. The number of amides is 2. The van der Waals surface area contributed by atoms with Gasteiger partial charge in [-0.2, -0.15) is 0 Å². The Bertz CT molecular complexity index is 1490. The molecule has 1 aromatic carbocycles. The van der Waals surface area contributed by atoms with Gasteiger partial charge in [-0.15, -0.1) is 21.5 Å². The molecule has 0 saturated carbocycles. The van der Waals surface area contributed by atoms with Gasteiger partial charge < -0.3 is 24.7 Å². The monoisotopic (exact) mass is 632 g/mol. The summed E-state index contributed by atoms with van der Waals surface area (Å²) in [5.74, 6) is -1.72. The third-order valence-corrected chi connectivity index (χ3v) is 8.10. The van der Waals surface area contributed by atoms with E-state index in [0.717, 1.165) is 35.9 Å². The minimum absolute atomic E-state index is 0.0489. The van der Waals surface area contributed by atoms with Crippen LogP contribution in [0.15, 0.2) is 29.4 Å². The van der Waals surface area contributed by atoms with Crippen molar-refractivity contribution in [2.75, 3.05) is 24.3 Å². The molecule has 0 unspecified atom stereocenters. The molecule has 3 aromatic rings. The van der Waals surface area contributed by atoms with Gasteiger partial charge in [0.2, 0.25) is 5.91 Å². The minimum Gasteiger partial charge on any atom is -0.462 e. The number of nitrogens with one attached hydrogen (secondary N) is 2. The van der Waals surface area contributed by atoms with Crippen LogP contribution >= 0.6 is 23.1 Å². The van der Waals surface area contributed by atoms with Crippen LogP contribution < -0.4 is 10.6 Å². The molecule has 0 aliphatic carbocycles. The number of nitrogens with zero attached hydrogens (tertiary/aromatic N) is 4. The molecule has 0 radical (unpaired) electrons. The molecule has 0 bridgehead atoms. The SMILES string of the molecule is CCCCn1c(CNC(=O)c2ccc([N+](=O)[O-])cc2)nnc1SCC(=O)Nc1sc(C(=O)OCC)c(C)c1C(=O)OCC. The van der Waals surface area contributed by atoms with Crippen LogP contribution in [0, 0.1) is 17.0 Å². The van der Waals surface area contributed by atoms with E-state index in [1.165, 1.54) is 24.3 Å². The Morgan fingerprint density at radius 1 is 1.05 bits per heavy atom. The van der Waals surface area contributed by atoms with Crippen molar-refractivity contribution < 1.29 is 33.6 Å². The molecule has 16 heteroatoms. The van der Waals surface area contributed by atoms with Crippen molar-refractivity contribution in [3.63, 3.8) is 0 Å². The lowest BCUT2D eigenvalue weighted by atomic mass is 10.1. The Morgan fingerprint density at radius 2 is 1.72 bits per heavy atom. The van der Waals surface area contributed by atoms with Gasteiger partial charge in [-0.25, -0.2) is 9.59 Å². The molecule has 230 valence electrons. The highest BCUT2D eigenvalue weighted by molar-refractivity contribution is 7.99. The first kappa shape index (κ1) is 33.2. The van der Waals surface area contributed by atoms with Crippen molar-refractivity contribution in [3.05, 3.63) is 61.8 Å². The molecular weight excluding hydrogens is 600 g/mol. The lowest BCUT2D eigenvalue weighted by Crippen LogP contribution is -2.25. The highest BCUT2D eigenvalue weighted by Crippen LogP contribution is 2.34. The largest absolute Gasteiger partial charge is 0.462 e. The van der Waals surface area contributed by atoms with Crippen LogP contribution in [0.1, 0.15) is 75.4 Å². The van der Waals surface area contributed by atoms with E-state index in [9.17, 15) is 29.3 Å². The normalized spacial score (nSPS) is 10.7. The summed E-state index contributed by atoms with van der Waals surface area (Å²) in [4.78, 5) is 61.1. The summed E-state index contributed by atoms with van der Waals surface area (Å²) < 4.78 is 12.0. The zero-order valence-corrected chi connectivity index (χ0v) is 25.8. The maximum Gasteiger partial charge on any atom is 0.348 e. The number of unbranched alkanes of at least 4 members (excludes halogenated alkanes) is 1. The number of aromatic nitrogens is 3. The summed E-state index contributed by atoms with van der Waals surface area (Å²) in [6, 6.07) is 5.24. The molecule has 2 aromatic heterocycles. The lowest BCUT2D eigenvalue weighted by molar-refractivity contribution is -0.384. The predicted octanol–water partition coefficient (Wildman–Crippen LogP) is 4.37. The maximum absolute atomic E-state index is 13.0. The number of benzene rings is 1. The van der Waals surface area contributed by atoms with Crippen molar-refractivity contribution in [1.82, 2.24) is 20.1 Å². The molecule has 0 aliphatic heterocycles. The van der Waals surface area contributed by atoms with E-state index in [-0.39, 0.29) is 52.2 Å². The van der Waals surface area contributed by atoms with Gasteiger partial charge in [0.15, 0.2) is 11.0 Å². The van der Waals surface area contributed by atoms with Crippen LogP contribution in [0.25, 0.3) is 0 Å². The average Bonchev–Trinajstić information content (AvgIpc) is 3.53. The standard InChI is InChI=1S/C27H32N6O8S2/c1-5-8-13-32-19(14-28-23(35)17-9-11-18(12-10-17)33(38)39)30-31-27(32)42-15-20(34)29-24-21(25(36)40-6-2)16(4)22(43-24)26(37)41-7-3/h9-12H,5-8,13-15H2,1-4H3,(H,28,35)(H,29,34). The third kappa shape index (κ3) is 8.61. The molecule has 0 spiro atoms. The number of hydrogen-bond donors (Lipinski definition) is 2. The fourth-order valence-corrected chi connectivity index (χ4v) is 5.72. The van der Waals surface area contributed by atoms with Crippen LogP contribution in [-0.2, 0) is 27.4 Å². The van der Waals surface area contributed by atoms with Crippen LogP contribution in [0.3, 0.4) is 0 Å². The minimum atomic E-state index is -0.658. The zero-order valence-electron chi connectivity index (χ0n) is 24.1. The number of non-ortho nitro benzene ring substituents is 1. The summed E-state index contributed by atoms with van der Waals surface area (Å²) in [7, 11) is 0. The average molecular weight is 633 g/mol. The number of nitro groups is 1. The first-order valence-electron chi connectivity index (χ1n) is 13.5. The fraction of sp³-hybridized carbons (Fsp3) is 0.407. The van der Waals surface area contributed by atoms with E-state index in [0.29, 0.717) is 23.1 Å². The van der Waals surface area contributed by atoms with E-state index in [4.69, 9.17) is 9.47 Å². The predicted molar refractivity (Wildman–Crippen MR) is 160 cm³/mol. The van der Waals surface area contributed by atoms with Crippen molar-refractivity contribution >= 4 is 57.5 Å². The van der Waals surface area contributed by atoms with Gasteiger partial charge in [0.1, 0.15) is 9.88 Å². The number of anilines is 1. The van der Waals surface area contributed by atoms with Gasteiger partial charge in [0, 0.05) is 24.2 Å². The maximum atomic E-state index is 13.0. The molecule has 0 fully saturated rings. The topological polar surface area (TPSA) is 185 Å². The first-order chi connectivity index (χ1) is 20.6. The molecule has 2 N–H and O–H groups in total. The number of nitro benzene ring substituents is 1. The van der Waals surface area contributed by atoms with Crippen molar-refractivity contribution in [1.29, 1.82) is 0 Å². The van der Waals surface area contributed by atoms with Gasteiger partial charge in [-0.3, -0.25) is 19.7 Å². The second-order valence-electron chi connectivity index (χ2n) is 8.93. The molecule has 3 rings (SSSR count). The summed E-state index contributed by atoms with van der Waals surface area (Å²) in [5, 5.41) is 25.3. The van der Waals surface area contributed by atoms with E-state index < -0.39 is 28.7 Å². The number of esters is 2. The van der Waals surface area contributed by atoms with E-state index in [1.807, 2.05) is 11.5 Å². The molecule has 43 heavy (non-hydrogen) atoms. The summed E-state index contributed by atoms with van der Waals surface area (Å²) in [5.41, 5.74) is 0.607. The molecular formula is C27H32N6O8S2. The molecule has 2 amide bonds. The number of ether oxygens (including phenoxy) is 2. The first-order valence-corrected chi connectivity index (χ1v) is 15.3. The van der Waals surface area contributed by atoms with Crippen LogP contribution in [0.5, 0.6) is 0 Å². The van der Waals surface area contributed by atoms with Crippen LogP contribution in [-0.4, -0.2) is 62.4 Å². The zero-order chi connectivity index (χ0) is 31.5. The van der Waals surface area contributed by atoms with E-state index in [1.54, 1.807) is 20.8 Å². The van der Waals surface area contributed by atoms with Gasteiger partial charge in [-0.1, -0.05) is 25.1 Å². The Hall–Kier alpha value is -4.31. The van der Waals surface area contributed by atoms with E-state index >= 15 is 0 Å². The number of hydrogen-bond acceptors (Lipinski definition) is 12. The molecule has 0 aliphatic rings. The van der Waals surface area contributed by atoms with Crippen molar-refractivity contribution in [2.24, 2.45) is 0 Å². The molecule has 2 heterocycles. The van der Waals surface area contributed by atoms with Crippen LogP contribution in [0.4, 0.5) is 10.7 Å². The van der Waals surface area contributed by atoms with Gasteiger partial charge in [0.25, 0.3) is 11.6 Å². The Kier molecular flexibility index (Phi) is 12.2. The van der Waals surface area contributed by atoms with Crippen LogP contribution in [0.2, 0.25) is 0 Å². The number of rotatable bonds is 15. The highest BCUT2D eigenvalue weighted by atomic mass is 32.2. The van der Waals surface area contributed by atoms with Gasteiger partial charge in [-0.05, 0) is 44.9 Å². The summed E-state index contributed by atoms with van der Waals surface area (Å²) >= 11 is 2.07. The Balaban J connectivity index is 1.71. The van der Waals surface area contributed by atoms with Gasteiger partial charge >= 0.3 is 11.9 Å². The Labute approximate surface area is 255 Å². The number of thiophene rings is 1. The highest BCUT2D eigenvalue weighted by Gasteiger charge is 2.27. The fourth-order valence-electron chi connectivity index (χ4n) is 3.83. The van der Waals surface area contributed by atoms with Gasteiger partial charge in [0.05, 0.1) is 36.0 Å². The summed E-state index contributed by atoms with van der Waals surface area (Å²) in [6.45, 7) is 7.83. The third-order valence-electron chi connectivity index (χ3n) is 5.95. The number of carbonyl (C=O) groups is 4. The molecule has 0 atom stereocenters. The number of thioether (sulfide) groups is 1. The number of carbonyl (C=O) groups excluding carboxylic acids is 4. The second-order valence-corrected chi connectivity index (χ2v) is 10.9. The van der Waals surface area contributed by atoms with Crippen molar-refractivity contribution in [3.8, 4) is 0 Å². The second kappa shape index (κ2) is 15.8. The van der Waals surface area contributed by atoms with E-state index in [2.05, 4.69) is 20.8 Å². The quantitative estimate of drug-likeness (QED) is 0.105.